The van der Waals surface area contributed by atoms with Crippen LogP contribution in [0.3, 0.4) is 0 Å². The Bertz CT molecular complexity index is 420. The number of ether oxygens (including phenoxy) is 1. The Kier molecular flexibility index (Phi) is 4.59. The predicted octanol–water partition coefficient (Wildman–Crippen LogP) is 0.219. The molecule has 1 atom stereocenters. The second kappa shape index (κ2) is 5.95. The SMILES string of the molecule is CCOC(=O)C(N)C(=O)Nc1cccc(C)n1. The number of rotatable bonds is 4. The Balaban J connectivity index is 2.63. The van der Waals surface area contributed by atoms with Crippen LogP contribution in [0.25, 0.3) is 0 Å². The van der Waals surface area contributed by atoms with Crippen molar-refractivity contribution in [2.75, 3.05) is 11.9 Å². The Morgan fingerprint density at radius 2 is 2.24 bits per heavy atom. The minimum absolute atomic E-state index is 0.183. The maximum absolute atomic E-state index is 11.6. The molecule has 0 aliphatic rings. The van der Waals surface area contributed by atoms with E-state index in [-0.39, 0.29) is 6.61 Å². The fraction of sp³-hybridized carbons (Fsp3) is 0.364. The van der Waals surface area contributed by atoms with Crippen LogP contribution in [0.1, 0.15) is 12.6 Å². The van der Waals surface area contributed by atoms with Gasteiger partial charge in [-0.1, -0.05) is 6.07 Å². The molecular formula is C11H15N3O3. The van der Waals surface area contributed by atoms with Gasteiger partial charge in [-0.3, -0.25) is 4.79 Å². The Morgan fingerprint density at radius 3 is 2.82 bits per heavy atom. The molecule has 0 radical (unpaired) electrons. The molecule has 1 aromatic heterocycles. The number of amides is 1. The van der Waals surface area contributed by atoms with Crippen LogP contribution in [0.4, 0.5) is 5.82 Å². The lowest BCUT2D eigenvalue weighted by Crippen LogP contribution is -2.43. The monoisotopic (exact) mass is 237 g/mol. The third-order valence-corrected chi connectivity index (χ3v) is 1.96. The third-order valence-electron chi connectivity index (χ3n) is 1.96. The topological polar surface area (TPSA) is 94.3 Å². The summed E-state index contributed by atoms with van der Waals surface area (Å²) in [5, 5.41) is 2.45. The van der Waals surface area contributed by atoms with Crippen molar-refractivity contribution >= 4 is 17.7 Å². The van der Waals surface area contributed by atoms with Gasteiger partial charge in [-0.05, 0) is 26.0 Å². The summed E-state index contributed by atoms with van der Waals surface area (Å²) in [7, 11) is 0. The minimum Gasteiger partial charge on any atom is -0.464 e. The maximum atomic E-state index is 11.6. The van der Waals surface area contributed by atoms with Gasteiger partial charge in [-0.25, -0.2) is 9.78 Å². The summed E-state index contributed by atoms with van der Waals surface area (Å²) in [6.45, 7) is 3.62. The first-order valence-corrected chi connectivity index (χ1v) is 5.21. The summed E-state index contributed by atoms with van der Waals surface area (Å²) in [6.07, 6.45) is 0. The largest absolute Gasteiger partial charge is 0.464 e. The van der Waals surface area contributed by atoms with Gasteiger partial charge in [0.05, 0.1) is 6.61 Å². The Labute approximate surface area is 99.2 Å². The van der Waals surface area contributed by atoms with Gasteiger partial charge in [0, 0.05) is 5.69 Å². The minimum atomic E-state index is -1.34. The predicted molar refractivity (Wildman–Crippen MR) is 62.2 cm³/mol. The maximum Gasteiger partial charge on any atom is 0.332 e. The quantitative estimate of drug-likeness (QED) is 0.577. The summed E-state index contributed by atoms with van der Waals surface area (Å²) in [4.78, 5) is 26.8. The highest BCUT2D eigenvalue weighted by atomic mass is 16.5. The lowest BCUT2D eigenvalue weighted by molar-refractivity contribution is -0.146. The first kappa shape index (κ1) is 13.1. The molecule has 6 nitrogen and oxygen atoms in total. The molecule has 0 fully saturated rings. The third kappa shape index (κ3) is 3.84. The normalized spacial score (nSPS) is 11.7. The average Bonchev–Trinajstić information content (AvgIpc) is 2.28. The van der Waals surface area contributed by atoms with E-state index >= 15 is 0 Å². The highest BCUT2D eigenvalue weighted by Gasteiger charge is 2.23. The molecular weight excluding hydrogens is 222 g/mol. The first-order chi connectivity index (χ1) is 8.04. The first-order valence-electron chi connectivity index (χ1n) is 5.21. The molecule has 0 aliphatic heterocycles. The van der Waals surface area contributed by atoms with Crippen LogP contribution in [0.5, 0.6) is 0 Å². The van der Waals surface area contributed by atoms with Gasteiger partial charge in [-0.15, -0.1) is 0 Å². The number of nitrogens with one attached hydrogen (secondary N) is 1. The van der Waals surface area contributed by atoms with Gasteiger partial charge < -0.3 is 15.8 Å². The molecule has 0 saturated carbocycles. The number of carbonyl (C=O) groups is 2. The van der Waals surface area contributed by atoms with Crippen LogP contribution in [-0.4, -0.2) is 29.5 Å². The van der Waals surface area contributed by atoms with Crippen LogP contribution >= 0.6 is 0 Å². The number of carbonyl (C=O) groups excluding carboxylic acids is 2. The zero-order chi connectivity index (χ0) is 12.8. The number of nitrogens with two attached hydrogens (primary N) is 1. The van der Waals surface area contributed by atoms with E-state index in [1.165, 1.54) is 0 Å². The van der Waals surface area contributed by atoms with Crippen LogP contribution in [0.2, 0.25) is 0 Å². The molecule has 1 aromatic rings. The van der Waals surface area contributed by atoms with E-state index in [9.17, 15) is 9.59 Å². The zero-order valence-corrected chi connectivity index (χ0v) is 9.77. The van der Waals surface area contributed by atoms with Gasteiger partial charge in [0.15, 0.2) is 6.04 Å². The second-order valence-electron chi connectivity index (χ2n) is 3.38. The number of aryl methyl sites for hydroxylation is 1. The highest BCUT2D eigenvalue weighted by molar-refractivity contribution is 6.07. The molecule has 92 valence electrons. The van der Waals surface area contributed by atoms with Crippen molar-refractivity contribution < 1.29 is 14.3 Å². The van der Waals surface area contributed by atoms with Gasteiger partial charge in [0.25, 0.3) is 5.91 Å². The number of nitrogens with zero attached hydrogens (tertiary/aromatic N) is 1. The standard InChI is InChI=1S/C11H15N3O3/c1-3-17-11(16)9(12)10(15)14-8-6-4-5-7(2)13-8/h4-6,9H,3,12H2,1-2H3,(H,13,14,15). The molecule has 0 spiro atoms. The van der Waals surface area contributed by atoms with E-state index in [4.69, 9.17) is 5.73 Å². The average molecular weight is 237 g/mol. The molecule has 0 saturated heterocycles. The van der Waals surface area contributed by atoms with Crippen molar-refractivity contribution in [3.63, 3.8) is 0 Å². The van der Waals surface area contributed by atoms with Crippen LogP contribution in [0.15, 0.2) is 18.2 Å². The lowest BCUT2D eigenvalue weighted by atomic mass is 10.3. The van der Waals surface area contributed by atoms with Crippen molar-refractivity contribution in [2.24, 2.45) is 5.73 Å². The summed E-state index contributed by atoms with van der Waals surface area (Å²) in [5.74, 6) is -1.03. The van der Waals surface area contributed by atoms with Crippen LogP contribution in [0, 0.1) is 6.92 Å². The fourth-order valence-electron chi connectivity index (χ4n) is 1.16. The summed E-state index contributed by atoms with van der Waals surface area (Å²) in [6, 6.07) is 3.81. The molecule has 1 unspecified atom stereocenters. The van der Waals surface area contributed by atoms with Crippen molar-refractivity contribution in [2.45, 2.75) is 19.9 Å². The highest BCUT2D eigenvalue weighted by Crippen LogP contribution is 2.04. The van der Waals surface area contributed by atoms with Gasteiger partial charge in [0.1, 0.15) is 5.82 Å². The molecule has 6 heteroatoms. The number of aromatic nitrogens is 1. The molecule has 3 N–H and O–H groups in total. The van der Waals surface area contributed by atoms with E-state index in [0.717, 1.165) is 5.69 Å². The van der Waals surface area contributed by atoms with Gasteiger partial charge >= 0.3 is 5.97 Å². The smallest absolute Gasteiger partial charge is 0.332 e. The molecule has 0 aromatic carbocycles. The number of anilines is 1. The van der Waals surface area contributed by atoms with Crippen LogP contribution in [-0.2, 0) is 14.3 Å². The van der Waals surface area contributed by atoms with E-state index in [1.54, 1.807) is 32.0 Å². The number of pyridine rings is 1. The van der Waals surface area contributed by atoms with Crippen molar-refractivity contribution in [3.05, 3.63) is 23.9 Å². The van der Waals surface area contributed by atoms with E-state index < -0.39 is 17.9 Å². The number of esters is 1. The molecule has 1 heterocycles. The van der Waals surface area contributed by atoms with Crippen molar-refractivity contribution in [1.82, 2.24) is 4.98 Å². The number of hydrogen-bond donors (Lipinski definition) is 2. The summed E-state index contributed by atoms with van der Waals surface area (Å²) in [5.41, 5.74) is 6.18. The molecule has 1 rings (SSSR count). The second-order valence-corrected chi connectivity index (χ2v) is 3.38. The van der Waals surface area contributed by atoms with Crippen LogP contribution < -0.4 is 11.1 Å². The van der Waals surface area contributed by atoms with E-state index in [2.05, 4.69) is 15.0 Å². The Hall–Kier alpha value is -1.95. The van der Waals surface area contributed by atoms with Gasteiger partial charge in [-0.2, -0.15) is 0 Å². The zero-order valence-electron chi connectivity index (χ0n) is 9.77. The Morgan fingerprint density at radius 1 is 1.53 bits per heavy atom. The fourth-order valence-corrected chi connectivity index (χ4v) is 1.16. The summed E-state index contributed by atoms with van der Waals surface area (Å²) < 4.78 is 4.64. The summed E-state index contributed by atoms with van der Waals surface area (Å²) >= 11 is 0. The molecule has 0 aliphatic carbocycles. The van der Waals surface area contributed by atoms with Crippen molar-refractivity contribution in [1.29, 1.82) is 0 Å². The van der Waals surface area contributed by atoms with Gasteiger partial charge in [0.2, 0.25) is 0 Å². The van der Waals surface area contributed by atoms with Crippen molar-refractivity contribution in [3.8, 4) is 0 Å². The van der Waals surface area contributed by atoms with E-state index in [0.29, 0.717) is 5.82 Å². The molecule has 0 bridgehead atoms. The molecule has 17 heavy (non-hydrogen) atoms. The lowest BCUT2D eigenvalue weighted by Gasteiger charge is -2.10. The molecule has 1 amide bonds. The number of hydrogen-bond acceptors (Lipinski definition) is 5. The van der Waals surface area contributed by atoms with E-state index in [1.807, 2.05) is 0 Å².